The highest BCUT2D eigenvalue weighted by molar-refractivity contribution is 7.99. The molecule has 1 aliphatic rings. The minimum Gasteiger partial charge on any atom is -0.444 e. The van der Waals surface area contributed by atoms with E-state index in [0.29, 0.717) is 37.0 Å². The van der Waals surface area contributed by atoms with Crippen molar-refractivity contribution in [3.8, 4) is 5.69 Å². The Kier molecular flexibility index (Phi) is 6.46. The molecule has 3 rings (SSSR count). The summed E-state index contributed by atoms with van der Waals surface area (Å²) >= 11 is 1.30. The largest absolute Gasteiger partial charge is 0.444 e. The third-order valence-corrected chi connectivity index (χ3v) is 5.25. The number of aromatic nitrogens is 2. The Balaban J connectivity index is 1.52. The van der Waals surface area contributed by atoms with Crippen molar-refractivity contribution in [3.63, 3.8) is 0 Å². The van der Waals surface area contributed by atoms with Gasteiger partial charge in [0.25, 0.3) is 0 Å². The number of ether oxygens (including phenoxy) is 1. The van der Waals surface area contributed by atoms with Crippen LogP contribution in [0.4, 0.5) is 9.18 Å². The molecule has 0 saturated carbocycles. The smallest absolute Gasteiger partial charge is 0.410 e. The number of amides is 2. The van der Waals surface area contributed by atoms with Crippen LogP contribution in [0, 0.1) is 5.82 Å². The summed E-state index contributed by atoms with van der Waals surface area (Å²) in [5, 5.41) is 0.622. The van der Waals surface area contributed by atoms with Crippen molar-refractivity contribution < 1.29 is 18.7 Å². The highest BCUT2D eigenvalue weighted by atomic mass is 32.2. The molecule has 7 nitrogen and oxygen atoms in total. The second-order valence-corrected chi connectivity index (χ2v) is 8.64. The fourth-order valence-corrected chi connectivity index (χ4v) is 3.78. The van der Waals surface area contributed by atoms with E-state index >= 15 is 0 Å². The van der Waals surface area contributed by atoms with Crippen LogP contribution in [-0.4, -0.2) is 68.9 Å². The highest BCUT2D eigenvalue weighted by Crippen LogP contribution is 2.21. The van der Waals surface area contributed by atoms with Crippen LogP contribution in [0.5, 0.6) is 0 Å². The van der Waals surface area contributed by atoms with Gasteiger partial charge in [-0.2, -0.15) is 0 Å². The Hall–Kier alpha value is -2.55. The van der Waals surface area contributed by atoms with E-state index in [1.165, 1.54) is 23.9 Å². The number of hydrogen-bond donors (Lipinski definition) is 0. The van der Waals surface area contributed by atoms with Crippen molar-refractivity contribution >= 4 is 23.8 Å². The molecule has 2 aromatic rings. The molecule has 9 heteroatoms. The van der Waals surface area contributed by atoms with Crippen molar-refractivity contribution in [2.75, 3.05) is 31.9 Å². The zero-order valence-corrected chi connectivity index (χ0v) is 17.6. The minimum absolute atomic E-state index is 0.0207. The second kappa shape index (κ2) is 8.86. The van der Waals surface area contributed by atoms with Gasteiger partial charge in [-0.15, -0.1) is 0 Å². The summed E-state index contributed by atoms with van der Waals surface area (Å²) in [4.78, 5) is 32.3. The Labute approximate surface area is 173 Å². The first-order chi connectivity index (χ1) is 13.7. The van der Waals surface area contributed by atoms with Gasteiger partial charge < -0.3 is 14.5 Å². The number of piperazine rings is 1. The Morgan fingerprint density at radius 1 is 1.17 bits per heavy atom. The highest BCUT2D eigenvalue weighted by Gasteiger charge is 2.27. The van der Waals surface area contributed by atoms with Gasteiger partial charge in [0.05, 0.1) is 11.4 Å². The van der Waals surface area contributed by atoms with Crippen LogP contribution in [0.25, 0.3) is 5.69 Å². The summed E-state index contributed by atoms with van der Waals surface area (Å²) in [5.74, 6) is -0.127. The average Bonchev–Trinajstić information content (AvgIpc) is 3.13. The number of carbonyl (C=O) groups is 2. The number of rotatable bonds is 4. The normalized spacial score (nSPS) is 14.8. The number of carbonyl (C=O) groups excluding carboxylic acids is 2. The summed E-state index contributed by atoms with van der Waals surface area (Å²) in [6.07, 6.45) is 3.01. The monoisotopic (exact) mass is 420 g/mol. The van der Waals surface area contributed by atoms with E-state index in [-0.39, 0.29) is 23.6 Å². The van der Waals surface area contributed by atoms with Crippen LogP contribution in [-0.2, 0) is 9.53 Å². The van der Waals surface area contributed by atoms with E-state index in [1.54, 1.807) is 38.9 Å². The van der Waals surface area contributed by atoms with Gasteiger partial charge in [0.2, 0.25) is 5.91 Å². The molecule has 0 atom stereocenters. The minimum atomic E-state index is -0.537. The first kappa shape index (κ1) is 21.2. The lowest BCUT2D eigenvalue weighted by molar-refractivity contribution is -0.130. The summed E-state index contributed by atoms with van der Waals surface area (Å²) < 4.78 is 20.6. The lowest BCUT2D eigenvalue weighted by Gasteiger charge is -2.35. The maximum absolute atomic E-state index is 13.5. The van der Waals surface area contributed by atoms with Crippen molar-refractivity contribution in [2.24, 2.45) is 0 Å². The molecule has 1 fully saturated rings. The predicted octanol–water partition coefficient (Wildman–Crippen LogP) is 3.18. The Bertz CT molecular complexity index is 873. The standard InChI is InChI=1S/C20H25FN4O3S/c1-20(2,3)28-19(27)24-11-9-23(10-12-24)17(26)14-29-18-22-7-8-25(18)16-6-4-5-15(21)13-16/h4-8,13H,9-12,14H2,1-3H3. The van der Waals surface area contributed by atoms with Crippen LogP contribution < -0.4 is 0 Å². The number of thioether (sulfide) groups is 1. The van der Waals surface area contributed by atoms with Crippen LogP contribution in [0.2, 0.25) is 0 Å². The zero-order valence-electron chi connectivity index (χ0n) is 16.8. The molecule has 0 bridgehead atoms. The fourth-order valence-electron chi connectivity index (χ4n) is 2.90. The molecule has 1 aliphatic heterocycles. The van der Waals surface area contributed by atoms with Crippen molar-refractivity contribution in [3.05, 3.63) is 42.5 Å². The van der Waals surface area contributed by atoms with Gasteiger partial charge in [-0.1, -0.05) is 17.8 Å². The molecule has 156 valence electrons. The topological polar surface area (TPSA) is 67.7 Å². The number of nitrogens with zero attached hydrogens (tertiary/aromatic N) is 4. The molecule has 0 radical (unpaired) electrons. The molecule has 1 aromatic heterocycles. The molecule has 0 unspecified atom stereocenters. The average molecular weight is 421 g/mol. The summed E-state index contributed by atoms with van der Waals surface area (Å²) in [6, 6.07) is 6.22. The Morgan fingerprint density at radius 2 is 1.86 bits per heavy atom. The van der Waals surface area contributed by atoms with Crippen LogP contribution in [0.1, 0.15) is 20.8 Å². The molecule has 0 aliphatic carbocycles. The predicted molar refractivity (Wildman–Crippen MR) is 109 cm³/mol. The van der Waals surface area contributed by atoms with Gasteiger partial charge >= 0.3 is 6.09 Å². The zero-order chi connectivity index (χ0) is 21.0. The molecule has 1 aromatic carbocycles. The Morgan fingerprint density at radius 3 is 2.52 bits per heavy atom. The third kappa shape index (κ3) is 5.72. The summed E-state index contributed by atoms with van der Waals surface area (Å²) in [5.41, 5.74) is 0.119. The van der Waals surface area contributed by atoms with Crippen molar-refractivity contribution in [1.29, 1.82) is 0 Å². The first-order valence-electron chi connectivity index (χ1n) is 9.41. The SMILES string of the molecule is CC(C)(C)OC(=O)N1CCN(C(=O)CSc2nccn2-c2cccc(F)c2)CC1. The van der Waals surface area contributed by atoms with E-state index in [4.69, 9.17) is 4.74 Å². The first-order valence-corrected chi connectivity index (χ1v) is 10.4. The molecule has 2 amide bonds. The molecule has 2 heterocycles. The van der Waals surface area contributed by atoms with Crippen molar-refractivity contribution in [2.45, 2.75) is 31.5 Å². The summed E-state index contributed by atoms with van der Waals surface area (Å²) in [6.45, 7) is 7.32. The second-order valence-electron chi connectivity index (χ2n) is 7.70. The van der Waals surface area contributed by atoms with Crippen LogP contribution in [0.3, 0.4) is 0 Å². The van der Waals surface area contributed by atoms with Crippen LogP contribution >= 0.6 is 11.8 Å². The fraction of sp³-hybridized carbons (Fsp3) is 0.450. The lowest BCUT2D eigenvalue weighted by Crippen LogP contribution is -2.52. The molecule has 0 spiro atoms. The number of imidazole rings is 1. The van der Waals surface area contributed by atoms with Gasteiger partial charge in [0.15, 0.2) is 5.16 Å². The van der Waals surface area contributed by atoms with E-state index in [9.17, 15) is 14.0 Å². The quantitative estimate of drug-likeness (QED) is 0.711. The lowest BCUT2D eigenvalue weighted by atomic mass is 10.2. The molecular formula is C20H25FN4O3S. The maximum atomic E-state index is 13.5. The van der Waals surface area contributed by atoms with Gasteiger partial charge in [-0.05, 0) is 39.0 Å². The van der Waals surface area contributed by atoms with Gasteiger partial charge in [-0.3, -0.25) is 9.36 Å². The molecular weight excluding hydrogens is 395 g/mol. The van der Waals surface area contributed by atoms with E-state index < -0.39 is 5.60 Å². The van der Waals surface area contributed by atoms with E-state index in [2.05, 4.69) is 4.98 Å². The number of benzene rings is 1. The number of halogens is 1. The van der Waals surface area contributed by atoms with Gasteiger partial charge in [-0.25, -0.2) is 14.2 Å². The molecule has 1 saturated heterocycles. The van der Waals surface area contributed by atoms with Crippen LogP contribution in [0.15, 0.2) is 41.8 Å². The third-order valence-electron chi connectivity index (χ3n) is 4.30. The van der Waals surface area contributed by atoms with Gasteiger partial charge in [0, 0.05) is 38.6 Å². The molecule has 0 N–H and O–H groups in total. The van der Waals surface area contributed by atoms with E-state index in [1.807, 2.05) is 20.8 Å². The summed E-state index contributed by atoms with van der Waals surface area (Å²) in [7, 11) is 0. The van der Waals surface area contributed by atoms with Gasteiger partial charge in [0.1, 0.15) is 11.4 Å². The number of hydrogen-bond acceptors (Lipinski definition) is 5. The van der Waals surface area contributed by atoms with E-state index in [0.717, 1.165) is 0 Å². The van der Waals surface area contributed by atoms with Crippen molar-refractivity contribution in [1.82, 2.24) is 19.4 Å². The maximum Gasteiger partial charge on any atom is 0.410 e. The molecule has 29 heavy (non-hydrogen) atoms.